The van der Waals surface area contributed by atoms with Crippen LogP contribution >= 0.6 is 0 Å². The minimum Gasteiger partial charge on any atom is -0.348 e. The van der Waals surface area contributed by atoms with Gasteiger partial charge in [-0.05, 0) is 38.0 Å². The normalized spacial score (nSPS) is 18.6. The Morgan fingerprint density at radius 2 is 1.75 bits per heavy atom. The van der Waals surface area contributed by atoms with Crippen molar-refractivity contribution in [1.29, 1.82) is 0 Å². The molecule has 2 atom stereocenters. The van der Waals surface area contributed by atoms with Gasteiger partial charge in [0.15, 0.2) is 0 Å². The van der Waals surface area contributed by atoms with Crippen molar-refractivity contribution in [2.75, 3.05) is 26.2 Å². The molecule has 0 spiro atoms. The SMILES string of the molecule is CC(=O)N1CCCN([C@@H](C)C(=O)N[C@H](C)c2ccc(F)cc2)CC1. The molecule has 1 aliphatic heterocycles. The number of carbonyl (C=O) groups excluding carboxylic acids is 2. The van der Waals surface area contributed by atoms with Gasteiger partial charge in [0.2, 0.25) is 11.8 Å². The van der Waals surface area contributed by atoms with Crippen LogP contribution in [0.1, 0.15) is 38.8 Å². The van der Waals surface area contributed by atoms with Gasteiger partial charge in [0.1, 0.15) is 5.82 Å². The number of amides is 2. The number of nitrogens with one attached hydrogen (secondary N) is 1. The van der Waals surface area contributed by atoms with Crippen LogP contribution in [0.2, 0.25) is 0 Å². The molecule has 0 bridgehead atoms. The molecule has 1 saturated heterocycles. The maximum atomic E-state index is 13.0. The molecule has 5 nitrogen and oxygen atoms in total. The lowest BCUT2D eigenvalue weighted by molar-refractivity contribution is -0.128. The van der Waals surface area contributed by atoms with Gasteiger partial charge in [0.25, 0.3) is 0 Å². The molecule has 1 aromatic rings. The summed E-state index contributed by atoms with van der Waals surface area (Å²) in [5.41, 5.74) is 0.871. The van der Waals surface area contributed by atoms with Crippen LogP contribution in [0.25, 0.3) is 0 Å². The highest BCUT2D eigenvalue weighted by molar-refractivity contribution is 5.81. The Balaban J connectivity index is 1.91. The van der Waals surface area contributed by atoms with Crippen LogP contribution in [0, 0.1) is 5.82 Å². The zero-order chi connectivity index (χ0) is 17.7. The lowest BCUT2D eigenvalue weighted by atomic mass is 10.1. The van der Waals surface area contributed by atoms with Crippen LogP contribution in [0.4, 0.5) is 4.39 Å². The van der Waals surface area contributed by atoms with Crippen molar-refractivity contribution in [2.45, 2.75) is 39.3 Å². The van der Waals surface area contributed by atoms with Gasteiger partial charge in [-0.3, -0.25) is 14.5 Å². The lowest BCUT2D eigenvalue weighted by Gasteiger charge is -2.28. The van der Waals surface area contributed by atoms with Crippen LogP contribution in [-0.4, -0.2) is 53.8 Å². The Labute approximate surface area is 142 Å². The second kappa shape index (κ2) is 8.24. The van der Waals surface area contributed by atoms with Crippen molar-refractivity contribution in [3.8, 4) is 0 Å². The standard InChI is InChI=1S/C18H26FN3O2/c1-13(16-5-7-17(19)8-6-16)20-18(24)14(2)21-9-4-10-22(12-11-21)15(3)23/h5-8,13-14H,4,9-12H2,1-3H3,(H,20,24)/t13-,14+/m1/s1. The topological polar surface area (TPSA) is 52.7 Å². The molecular weight excluding hydrogens is 309 g/mol. The molecule has 1 aliphatic rings. The zero-order valence-electron chi connectivity index (χ0n) is 14.6. The van der Waals surface area contributed by atoms with Gasteiger partial charge in [0.05, 0.1) is 12.1 Å². The number of halogens is 1. The van der Waals surface area contributed by atoms with Crippen LogP contribution < -0.4 is 5.32 Å². The maximum absolute atomic E-state index is 13.0. The fourth-order valence-corrected chi connectivity index (χ4v) is 2.97. The molecule has 1 aromatic carbocycles. The number of rotatable bonds is 4. The first-order chi connectivity index (χ1) is 11.4. The summed E-state index contributed by atoms with van der Waals surface area (Å²) in [4.78, 5) is 27.9. The van der Waals surface area contributed by atoms with E-state index >= 15 is 0 Å². The average molecular weight is 335 g/mol. The summed E-state index contributed by atoms with van der Waals surface area (Å²) in [6.45, 7) is 8.24. The highest BCUT2D eigenvalue weighted by Gasteiger charge is 2.25. The number of hydrogen-bond donors (Lipinski definition) is 1. The second-order valence-electron chi connectivity index (χ2n) is 6.35. The van der Waals surface area contributed by atoms with Gasteiger partial charge in [-0.25, -0.2) is 4.39 Å². The molecule has 1 fully saturated rings. The summed E-state index contributed by atoms with van der Waals surface area (Å²) in [6.07, 6.45) is 0.866. The number of carbonyl (C=O) groups is 2. The highest BCUT2D eigenvalue weighted by Crippen LogP contribution is 2.14. The van der Waals surface area contributed by atoms with Crippen LogP contribution in [0.5, 0.6) is 0 Å². The summed E-state index contributed by atoms with van der Waals surface area (Å²) < 4.78 is 13.0. The van der Waals surface area contributed by atoms with Crippen LogP contribution in [-0.2, 0) is 9.59 Å². The number of hydrogen-bond acceptors (Lipinski definition) is 3. The zero-order valence-corrected chi connectivity index (χ0v) is 14.6. The van der Waals surface area contributed by atoms with Gasteiger partial charge in [0, 0.05) is 33.1 Å². The third-order valence-electron chi connectivity index (χ3n) is 4.63. The molecule has 1 heterocycles. The van der Waals surface area contributed by atoms with Crippen molar-refractivity contribution in [2.24, 2.45) is 0 Å². The van der Waals surface area contributed by atoms with E-state index < -0.39 is 0 Å². The van der Waals surface area contributed by atoms with Crippen LogP contribution in [0.3, 0.4) is 0 Å². The largest absolute Gasteiger partial charge is 0.348 e. The molecule has 2 rings (SSSR count). The van der Waals surface area contributed by atoms with Crippen molar-refractivity contribution >= 4 is 11.8 Å². The van der Waals surface area contributed by atoms with Gasteiger partial charge >= 0.3 is 0 Å². The average Bonchev–Trinajstić information content (AvgIpc) is 2.80. The van der Waals surface area contributed by atoms with Gasteiger partial charge < -0.3 is 10.2 Å². The third-order valence-corrected chi connectivity index (χ3v) is 4.63. The van der Waals surface area contributed by atoms with E-state index in [2.05, 4.69) is 10.2 Å². The summed E-state index contributed by atoms with van der Waals surface area (Å²) in [5.74, 6) is -0.257. The molecule has 0 aromatic heterocycles. The molecule has 1 N–H and O–H groups in total. The first kappa shape index (κ1) is 18.4. The Kier molecular flexibility index (Phi) is 6.31. The molecule has 2 amide bonds. The fraction of sp³-hybridized carbons (Fsp3) is 0.556. The van der Waals surface area contributed by atoms with Gasteiger partial charge in [-0.15, -0.1) is 0 Å². The van der Waals surface area contributed by atoms with Crippen molar-refractivity contribution in [1.82, 2.24) is 15.1 Å². The third kappa shape index (κ3) is 4.77. The van der Waals surface area contributed by atoms with E-state index in [1.54, 1.807) is 19.1 Å². The van der Waals surface area contributed by atoms with E-state index in [4.69, 9.17) is 0 Å². The van der Waals surface area contributed by atoms with E-state index in [0.717, 1.165) is 25.1 Å². The molecule has 0 radical (unpaired) electrons. The second-order valence-corrected chi connectivity index (χ2v) is 6.35. The Morgan fingerprint density at radius 3 is 2.38 bits per heavy atom. The molecule has 0 aliphatic carbocycles. The van der Waals surface area contributed by atoms with E-state index in [1.165, 1.54) is 12.1 Å². The van der Waals surface area contributed by atoms with Crippen molar-refractivity contribution in [3.05, 3.63) is 35.6 Å². The monoisotopic (exact) mass is 335 g/mol. The quantitative estimate of drug-likeness (QED) is 0.915. The van der Waals surface area contributed by atoms with E-state index in [-0.39, 0.29) is 29.7 Å². The highest BCUT2D eigenvalue weighted by atomic mass is 19.1. The summed E-state index contributed by atoms with van der Waals surface area (Å²) in [6, 6.07) is 5.71. The molecule has 6 heteroatoms. The minimum absolute atomic E-state index is 0.0527. The Bertz CT molecular complexity index is 576. The maximum Gasteiger partial charge on any atom is 0.237 e. The van der Waals surface area contributed by atoms with Crippen molar-refractivity contribution in [3.63, 3.8) is 0 Å². The predicted molar refractivity (Wildman–Crippen MR) is 90.9 cm³/mol. The number of nitrogens with zero attached hydrogens (tertiary/aromatic N) is 2. The van der Waals surface area contributed by atoms with Crippen LogP contribution in [0.15, 0.2) is 24.3 Å². The predicted octanol–water partition coefficient (Wildman–Crippen LogP) is 1.95. The molecular formula is C18H26FN3O2. The first-order valence-corrected chi connectivity index (χ1v) is 8.44. The number of benzene rings is 1. The van der Waals surface area contributed by atoms with E-state index in [0.29, 0.717) is 13.1 Å². The van der Waals surface area contributed by atoms with Gasteiger partial charge in [-0.2, -0.15) is 0 Å². The Morgan fingerprint density at radius 1 is 1.08 bits per heavy atom. The molecule has 0 unspecified atom stereocenters. The summed E-state index contributed by atoms with van der Waals surface area (Å²) in [5, 5.41) is 2.98. The molecule has 132 valence electrons. The molecule has 24 heavy (non-hydrogen) atoms. The smallest absolute Gasteiger partial charge is 0.237 e. The fourth-order valence-electron chi connectivity index (χ4n) is 2.97. The van der Waals surface area contributed by atoms with Gasteiger partial charge in [-0.1, -0.05) is 12.1 Å². The van der Waals surface area contributed by atoms with E-state index in [1.807, 2.05) is 18.7 Å². The minimum atomic E-state index is -0.287. The summed E-state index contributed by atoms with van der Waals surface area (Å²) >= 11 is 0. The summed E-state index contributed by atoms with van der Waals surface area (Å²) in [7, 11) is 0. The molecule has 0 saturated carbocycles. The Hall–Kier alpha value is -1.95. The first-order valence-electron chi connectivity index (χ1n) is 8.44. The van der Waals surface area contributed by atoms with Crippen molar-refractivity contribution < 1.29 is 14.0 Å². The van der Waals surface area contributed by atoms with E-state index in [9.17, 15) is 14.0 Å². The lowest BCUT2D eigenvalue weighted by Crippen LogP contribution is -2.47.